The molecule has 1 heterocycles. The number of amides is 1. The zero-order chi connectivity index (χ0) is 15.8. The van der Waals surface area contributed by atoms with Crippen LogP contribution in [0.5, 0.6) is 0 Å². The van der Waals surface area contributed by atoms with Gasteiger partial charge in [0.1, 0.15) is 16.9 Å². The van der Waals surface area contributed by atoms with E-state index < -0.39 is 42.3 Å². The molecule has 0 aromatic rings. The van der Waals surface area contributed by atoms with Gasteiger partial charge in [-0.1, -0.05) is 0 Å². The highest BCUT2D eigenvalue weighted by Crippen LogP contribution is 2.34. The summed E-state index contributed by atoms with van der Waals surface area (Å²) in [6.45, 7) is 7.14. The van der Waals surface area contributed by atoms with Gasteiger partial charge in [-0.05, 0) is 34.6 Å². The molecule has 0 spiro atoms. The lowest BCUT2D eigenvalue weighted by Gasteiger charge is -2.40. The number of rotatable bonds is 3. The van der Waals surface area contributed by atoms with E-state index in [1.807, 2.05) is 0 Å². The van der Waals surface area contributed by atoms with Gasteiger partial charge < -0.3 is 24.8 Å². The number of nitrogens with zero attached hydrogens (tertiary/aromatic N) is 1. The van der Waals surface area contributed by atoms with Crippen molar-refractivity contribution >= 4 is 6.09 Å². The van der Waals surface area contributed by atoms with Crippen molar-refractivity contribution in [1.29, 1.82) is 0 Å². The SMILES string of the molecule is CC(C)(C)OC(=O)N1[C@@H](C(O)(CO)CO)COC1(C)C. The lowest BCUT2D eigenvalue weighted by atomic mass is 9.95. The van der Waals surface area contributed by atoms with Crippen LogP contribution in [0.15, 0.2) is 0 Å². The summed E-state index contributed by atoms with van der Waals surface area (Å²) >= 11 is 0. The molecule has 3 N–H and O–H groups in total. The highest BCUT2D eigenvalue weighted by molar-refractivity contribution is 5.70. The fraction of sp³-hybridized carbons (Fsp3) is 0.923. The molecule has 1 aliphatic heterocycles. The third-order valence-electron chi connectivity index (χ3n) is 3.24. The molecule has 1 rings (SSSR count). The third kappa shape index (κ3) is 3.41. The molecular weight excluding hydrogens is 266 g/mol. The Morgan fingerprint density at radius 2 is 1.85 bits per heavy atom. The Bertz CT molecular complexity index is 358. The molecule has 20 heavy (non-hydrogen) atoms. The van der Waals surface area contributed by atoms with Crippen molar-refractivity contribution in [1.82, 2.24) is 4.90 Å². The van der Waals surface area contributed by atoms with E-state index in [1.54, 1.807) is 34.6 Å². The summed E-state index contributed by atoms with van der Waals surface area (Å²) in [5, 5.41) is 28.9. The summed E-state index contributed by atoms with van der Waals surface area (Å²) in [6, 6.07) is -0.887. The summed E-state index contributed by atoms with van der Waals surface area (Å²) in [4.78, 5) is 13.5. The summed E-state index contributed by atoms with van der Waals surface area (Å²) in [7, 11) is 0. The number of hydrogen-bond acceptors (Lipinski definition) is 6. The topological polar surface area (TPSA) is 99.5 Å². The van der Waals surface area contributed by atoms with Crippen LogP contribution in [0.4, 0.5) is 4.79 Å². The van der Waals surface area contributed by atoms with E-state index in [0.717, 1.165) is 0 Å². The van der Waals surface area contributed by atoms with E-state index in [9.17, 15) is 20.1 Å². The number of hydrogen-bond donors (Lipinski definition) is 3. The minimum atomic E-state index is -1.84. The van der Waals surface area contributed by atoms with Gasteiger partial charge in [-0.25, -0.2) is 4.79 Å². The van der Waals surface area contributed by atoms with Crippen LogP contribution in [-0.2, 0) is 9.47 Å². The van der Waals surface area contributed by atoms with Gasteiger partial charge in [-0.3, -0.25) is 4.90 Å². The molecule has 118 valence electrons. The number of ether oxygens (including phenoxy) is 2. The number of carbonyl (C=O) groups is 1. The minimum Gasteiger partial charge on any atom is -0.444 e. The highest BCUT2D eigenvalue weighted by Gasteiger charge is 2.53. The molecule has 1 atom stereocenters. The first kappa shape index (κ1) is 17.2. The van der Waals surface area contributed by atoms with Crippen LogP contribution in [0, 0.1) is 0 Å². The first-order valence-corrected chi connectivity index (χ1v) is 6.57. The maximum absolute atomic E-state index is 12.3. The number of aliphatic hydroxyl groups is 3. The minimum absolute atomic E-state index is 0.00383. The molecule has 0 aromatic heterocycles. The van der Waals surface area contributed by atoms with E-state index >= 15 is 0 Å². The van der Waals surface area contributed by atoms with Crippen molar-refractivity contribution in [3.8, 4) is 0 Å². The fourth-order valence-electron chi connectivity index (χ4n) is 2.12. The second-order valence-electron chi connectivity index (χ2n) is 6.54. The van der Waals surface area contributed by atoms with Crippen molar-refractivity contribution in [2.24, 2.45) is 0 Å². The van der Waals surface area contributed by atoms with Crippen LogP contribution in [0.25, 0.3) is 0 Å². The van der Waals surface area contributed by atoms with Crippen molar-refractivity contribution in [2.75, 3.05) is 19.8 Å². The van der Waals surface area contributed by atoms with Crippen molar-refractivity contribution in [2.45, 2.75) is 57.6 Å². The zero-order valence-electron chi connectivity index (χ0n) is 12.7. The number of aliphatic hydroxyl groups excluding tert-OH is 2. The molecule has 0 saturated carbocycles. The molecular formula is C13H25NO6. The van der Waals surface area contributed by atoms with Crippen molar-refractivity contribution < 1.29 is 29.6 Å². The molecule has 0 aliphatic carbocycles. The van der Waals surface area contributed by atoms with Gasteiger partial charge in [0.2, 0.25) is 0 Å². The maximum atomic E-state index is 12.3. The van der Waals surface area contributed by atoms with Gasteiger partial charge >= 0.3 is 6.09 Å². The first-order chi connectivity index (χ1) is 8.97. The normalized spacial score (nSPS) is 23.0. The second kappa shape index (κ2) is 5.48. The van der Waals surface area contributed by atoms with Crippen LogP contribution >= 0.6 is 0 Å². The largest absolute Gasteiger partial charge is 0.444 e. The standard InChI is InChI=1S/C13H25NO6/c1-11(2,3)20-10(17)14-9(6-19-12(14,4)5)13(18,7-15)8-16/h9,15-16,18H,6-8H2,1-5H3/t9-/m1/s1. The first-order valence-electron chi connectivity index (χ1n) is 6.57. The van der Waals surface area contributed by atoms with E-state index in [-0.39, 0.29) is 6.61 Å². The number of carbonyl (C=O) groups excluding carboxylic acids is 1. The van der Waals surface area contributed by atoms with Gasteiger partial charge in [-0.2, -0.15) is 0 Å². The van der Waals surface area contributed by atoms with Gasteiger partial charge in [0.25, 0.3) is 0 Å². The molecule has 0 bridgehead atoms. The Labute approximate surface area is 119 Å². The van der Waals surface area contributed by atoms with Crippen LogP contribution in [-0.4, -0.2) is 69.1 Å². The van der Waals surface area contributed by atoms with Gasteiger partial charge in [0.05, 0.1) is 25.9 Å². The molecule has 1 amide bonds. The lowest BCUT2D eigenvalue weighted by Crippen LogP contribution is -2.61. The van der Waals surface area contributed by atoms with Crippen LogP contribution in [0.1, 0.15) is 34.6 Å². The predicted molar refractivity (Wildman–Crippen MR) is 71.0 cm³/mol. The fourth-order valence-corrected chi connectivity index (χ4v) is 2.12. The van der Waals surface area contributed by atoms with Gasteiger partial charge in [-0.15, -0.1) is 0 Å². The molecule has 0 unspecified atom stereocenters. The maximum Gasteiger partial charge on any atom is 0.413 e. The molecule has 0 radical (unpaired) electrons. The van der Waals surface area contributed by atoms with Crippen LogP contribution < -0.4 is 0 Å². The lowest BCUT2D eigenvalue weighted by molar-refractivity contribution is -0.113. The molecule has 1 aliphatic rings. The molecule has 1 saturated heterocycles. The monoisotopic (exact) mass is 291 g/mol. The molecule has 1 fully saturated rings. The van der Waals surface area contributed by atoms with E-state index in [1.165, 1.54) is 4.90 Å². The zero-order valence-corrected chi connectivity index (χ0v) is 12.7. The van der Waals surface area contributed by atoms with Crippen LogP contribution in [0.2, 0.25) is 0 Å². The molecule has 7 nitrogen and oxygen atoms in total. The van der Waals surface area contributed by atoms with Crippen molar-refractivity contribution in [3.63, 3.8) is 0 Å². The van der Waals surface area contributed by atoms with E-state index in [4.69, 9.17) is 9.47 Å². The Kier molecular flexibility index (Phi) is 4.70. The molecule has 0 aromatic carbocycles. The van der Waals surface area contributed by atoms with Gasteiger partial charge in [0, 0.05) is 0 Å². The Hall–Kier alpha value is -0.890. The van der Waals surface area contributed by atoms with Crippen LogP contribution in [0.3, 0.4) is 0 Å². The Morgan fingerprint density at radius 3 is 2.25 bits per heavy atom. The Balaban J connectivity index is 3.05. The highest BCUT2D eigenvalue weighted by atomic mass is 16.6. The van der Waals surface area contributed by atoms with Gasteiger partial charge in [0.15, 0.2) is 0 Å². The molecule has 7 heteroatoms. The summed E-state index contributed by atoms with van der Waals surface area (Å²) in [5.41, 5.74) is -3.53. The smallest absolute Gasteiger partial charge is 0.413 e. The predicted octanol–water partition coefficient (Wildman–Crippen LogP) is 0.0741. The third-order valence-corrected chi connectivity index (χ3v) is 3.24. The average molecular weight is 291 g/mol. The van der Waals surface area contributed by atoms with E-state index in [2.05, 4.69) is 0 Å². The quantitative estimate of drug-likeness (QED) is 0.681. The average Bonchev–Trinajstić information content (AvgIpc) is 2.62. The summed E-state index contributed by atoms with van der Waals surface area (Å²) in [5.74, 6) is 0. The van der Waals surface area contributed by atoms with E-state index in [0.29, 0.717) is 0 Å². The Morgan fingerprint density at radius 1 is 1.35 bits per heavy atom. The summed E-state index contributed by atoms with van der Waals surface area (Å²) in [6.07, 6.45) is -0.662. The second-order valence-corrected chi connectivity index (χ2v) is 6.54. The van der Waals surface area contributed by atoms with Crippen molar-refractivity contribution in [3.05, 3.63) is 0 Å². The summed E-state index contributed by atoms with van der Waals surface area (Å²) < 4.78 is 10.8.